The monoisotopic (exact) mass is 303 g/mol. The maximum Gasteiger partial charge on any atom is 0.251 e. The topological polar surface area (TPSA) is 69.6 Å². The Morgan fingerprint density at radius 3 is 2.21 bits per heavy atom. The zero-order chi connectivity index (χ0) is 14.0. The highest BCUT2D eigenvalue weighted by molar-refractivity contribution is 6.37. The number of benzene rings is 1. The van der Waals surface area contributed by atoms with E-state index in [1.807, 2.05) is 0 Å². The molecule has 0 radical (unpaired) electrons. The molecule has 1 amide bonds. The Morgan fingerprint density at radius 2 is 1.68 bits per heavy atom. The Hall–Kier alpha value is -0.970. The second kappa shape index (κ2) is 5.99. The molecule has 1 aromatic carbocycles. The highest BCUT2D eigenvalue weighted by Gasteiger charge is 2.22. The van der Waals surface area contributed by atoms with Gasteiger partial charge in [0.15, 0.2) is 5.75 Å². The number of amides is 1. The maximum absolute atomic E-state index is 12.0. The summed E-state index contributed by atoms with van der Waals surface area (Å²) in [6, 6.07) is 2.83. The number of phenolic OH excluding ortho intramolecular Hbond substituents is 1. The van der Waals surface area contributed by atoms with Crippen LogP contribution in [0.3, 0.4) is 0 Å². The largest absolute Gasteiger partial charge is 0.505 e. The molecule has 0 atom stereocenters. The van der Waals surface area contributed by atoms with Gasteiger partial charge in [-0.05, 0) is 37.8 Å². The van der Waals surface area contributed by atoms with Crippen molar-refractivity contribution in [3.8, 4) is 5.75 Å². The van der Waals surface area contributed by atoms with Crippen molar-refractivity contribution in [3.63, 3.8) is 0 Å². The van der Waals surface area contributed by atoms with E-state index >= 15 is 0 Å². The van der Waals surface area contributed by atoms with Crippen molar-refractivity contribution in [1.29, 1.82) is 0 Å². The molecule has 0 spiro atoms. The minimum atomic E-state index is -0.273. The lowest BCUT2D eigenvalue weighted by Gasteiger charge is -2.26. The van der Waals surface area contributed by atoms with E-state index in [9.17, 15) is 15.0 Å². The van der Waals surface area contributed by atoms with Crippen molar-refractivity contribution in [2.24, 2.45) is 0 Å². The van der Waals surface area contributed by atoms with Gasteiger partial charge in [-0.2, -0.15) is 0 Å². The van der Waals surface area contributed by atoms with E-state index in [-0.39, 0.29) is 33.8 Å². The first-order valence-corrected chi connectivity index (χ1v) is 6.90. The third kappa shape index (κ3) is 3.53. The first-order valence-electron chi connectivity index (χ1n) is 6.14. The summed E-state index contributed by atoms with van der Waals surface area (Å²) in [7, 11) is 0. The number of aromatic hydroxyl groups is 1. The van der Waals surface area contributed by atoms with Crippen molar-refractivity contribution in [2.45, 2.75) is 37.8 Å². The second-order valence-electron chi connectivity index (χ2n) is 4.77. The molecule has 1 aromatic rings. The summed E-state index contributed by atoms with van der Waals surface area (Å²) in [4.78, 5) is 12.0. The summed E-state index contributed by atoms with van der Waals surface area (Å²) in [5, 5.41) is 21.8. The van der Waals surface area contributed by atoms with Gasteiger partial charge in [-0.3, -0.25) is 4.79 Å². The molecule has 104 valence electrons. The first-order chi connectivity index (χ1) is 8.97. The average Bonchev–Trinajstić information content (AvgIpc) is 2.38. The molecule has 1 aliphatic rings. The quantitative estimate of drug-likeness (QED) is 0.787. The zero-order valence-corrected chi connectivity index (χ0v) is 11.7. The Balaban J connectivity index is 2.04. The molecule has 3 N–H and O–H groups in total. The normalized spacial score (nSPS) is 23.1. The number of rotatable bonds is 2. The Bertz CT molecular complexity index is 462. The molecule has 0 unspecified atom stereocenters. The molecule has 0 aromatic heterocycles. The molecule has 2 rings (SSSR count). The first kappa shape index (κ1) is 14.4. The fraction of sp³-hybridized carbons (Fsp3) is 0.462. The number of nitrogens with one attached hydrogen (secondary N) is 1. The SMILES string of the molecule is O=C(NC1CCC(O)CC1)c1cc(Cl)c(O)c(Cl)c1. The van der Waals surface area contributed by atoms with E-state index in [2.05, 4.69) is 5.32 Å². The summed E-state index contributed by atoms with van der Waals surface area (Å²) in [6.45, 7) is 0. The lowest BCUT2D eigenvalue weighted by molar-refractivity contribution is 0.0867. The highest BCUT2D eigenvalue weighted by atomic mass is 35.5. The van der Waals surface area contributed by atoms with Crippen LogP contribution in [-0.4, -0.2) is 28.3 Å². The van der Waals surface area contributed by atoms with Gasteiger partial charge in [0.1, 0.15) is 0 Å². The van der Waals surface area contributed by atoms with Gasteiger partial charge in [0.05, 0.1) is 16.1 Å². The number of hydrogen-bond acceptors (Lipinski definition) is 3. The van der Waals surface area contributed by atoms with E-state index in [0.29, 0.717) is 18.4 Å². The van der Waals surface area contributed by atoms with Crippen LogP contribution < -0.4 is 5.32 Å². The number of hydrogen-bond donors (Lipinski definition) is 3. The number of halogens is 2. The minimum absolute atomic E-state index is 0.0525. The summed E-state index contributed by atoms with van der Waals surface area (Å²) in [5.41, 5.74) is 0.318. The summed E-state index contributed by atoms with van der Waals surface area (Å²) in [5.74, 6) is -0.495. The average molecular weight is 304 g/mol. The molecular formula is C13H15Cl2NO3. The predicted octanol–water partition coefficient (Wildman–Crippen LogP) is 2.73. The third-order valence-corrected chi connectivity index (χ3v) is 3.89. The van der Waals surface area contributed by atoms with Crippen molar-refractivity contribution in [3.05, 3.63) is 27.7 Å². The number of carbonyl (C=O) groups excluding carboxylic acids is 1. The molecule has 0 aliphatic heterocycles. The molecule has 19 heavy (non-hydrogen) atoms. The molecule has 0 heterocycles. The van der Waals surface area contributed by atoms with Gasteiger partial charge < -0.3 is 15.5 Å². The number of phenols is 1. The molecular weight excluding hydrogens is 289 g/mol. The molecule has 4 nitrogen and oxygen atoms in total. The lowest BCUT2D eigenvalue weighted by atomic mass is 9.93. The van der Waals surface area contributed by atoms with Crippen LogP contribution in [-0.2, 0) is 0 Å². The van der Waals surface area contributed by atoms with Crippen molar-refractivity contribution in [1.82, 2.24) is 5.32 Å². The molecule has 1 saturated carbocycles. The van der Waals surface area contributed by atoms with Gasteiger partial charge in [-0.15, -0.1) is 0 Å². The van der Waals surface area contributed by atoms with Crippen LogP contribution in [0.15, 0.2) is 12.1 Å². The Labute approximate surface area is 121 Å². The Morgan fingerprint density at radius 1 is 1.16 bits per heavy atom. The van der Waals surface area contributed by atoms with Crippen LogP contribution >= 0.6 is 23.2 Å². The Kier molecular flexibility index (Phi) is 4.55. The van der Waals surface area contributed by atoms with Gasteiger partial charge in [0, 0.05) is 11.6 Å². The predicted molar refractivity (Wildman–Crippen MR) is 73.9 cm³/mol. The molecule has 0 bridgehead atoms. The van der Waals surface area contributed by atoms with E-state index in [0.717, 1.165) is 12.8 Å². The smallest absolute Gasteiger partial charge is 0.251 e. The van der Waals surface area contributed by atoms with Crippen LogP contribution in [0.2, 0.25) is 10.0 Å². The summed E-state index contributed by atoms with van der Waals surface area (Å²) >= 11 is 11.6. The van der Waals surface area contributed by atoms with E-state index < -0.39 is 0 Å². The number of carbonyl (C=O) groups is 1. The third-order valence-electron chi connectivity index (χ3n) is 3.31. The second-order valence-corrected chi connectivity index (χ2v) is 5.58. The molecule has 6 heteroatoms. The minimum Gasteiger partial charge on any atom is -0.505 e. The van der Waals surface area contributed by atoms with Crippen LogP contribution in [0.25, 0.3) is 0 Å². The van der Waals surface area contributed by atoms with Gasteiger partial charge in [0.25, 0.3) is 5.91 Å². The summed E-state index contributed by atoms with van der Waals surface area (Å²) in [6.07, 6.45) is 2.65. The van der Waals surface area contributed by atoms with Gasteiger partial charge in [-0.1, -0.05) is 23.2 Å². The van der Waals surface area contributed by atoms with Crippen LogP contribution in [0, 0.1) is 0 Å². The van der Waals surface area contributed by atoms with E-state index in [4.69, 9.17) is 23.2 Å². The number of aliphatic hydroxyl groups is 1. The van der Waals surface area contributed by atoms with Gasteiger partial charge >= 0.3 is 0 Å². The van der Waals surface area contributed by atoms with Crippen molar-refractivity contribution >= 4 is 29.1 Å². The molecule has 1 fully saturated rings. The van der Waals surface area contributed by atoms with E-state index in [1.54, 1.807) is 0 Å². The van der Waals surface area contributed by atoms with Crippen molar-refractivity contribution in [2.75, 3.05) is 0 Å². The maximum atomic E-state index is 12.0. The standard InChI is InChI=1S/C13H15Cl2NO3/c14-10-5-7(6-11(15)12(10)18)13(19)16-8-1-3-9(17)4-2-8/h5-6,8-9,17-18H,1-4H2,(H,16,19). The fourth-order valence-corrected chi connectivity index (χ4v) is 2.67. The van der Waals surface area contributed by atoms with E-state index in [1.165, 1.54) is 12.1 Å². The summed E-state index contributed by atoms with van der Waals surface area (Å²) < 4.78 is 0. The van der Waals surface area contributed by atoms with Crippen LogP contribution in [0.4, 0.5) is 0 Å². The highest BCUT2D eigenvalue weighted by Crippen LogP contribution is 2.32. The van der Waals surface area contributed by atoms with Crippen molar-refractivity contribution < 1.29 is 15.0 Å². The fourth-order valence-electron chi connectivity index (χ4n) is 2.19. The van der Waals surface area contributed by atoms with Crippen LogP contribution in [0.5, 0.6) is 5.75 Å². The lowest BCUT2D eigenvalue weighted by Crippen LogP contribution is -2.38. The van der Waals surface area contributed by atoms with Gasteiger partial charge in [-0.25, -0.2) is 0 Å². The molecule has 1 aliphatic carbocycles. The van der Waals surface area contributed by atoms with Gasteiger partial charge in [0.2, 0.25) is 0 Å². The zero-order valence-electron chi connectivity index (χ0n) is 10.2. The molecule has 0 saturated heterocycles. The number of aliphatic hydroxyl groups excluding tert-OH is 1. The van der Waals surface area contributed by atoms with Crippen LogP contribution in [0.1, 0.15) is 36.0 Å².